The minimum atomic E-state index is -0.161. The standard InChI is InChI=1S/C12H15Br2NO2/c13-8-1-2-9(14)12(16)10(8)11(15)7-3-5-17-6-4-7/h1-2,7,11,16H,3-6,15H2/t11-/m0/s1. The van der Waals surface area contributed by atoms with Crippen LogP contribution in [0.1, 0.15) is 24.4 Å². The molecule has 0 unspecified atom stereocenters. The molecule has 0 amide bonds. The maximum Gasteiger partial charge on any atom is 0.135 e. The molecule has 1 aromatic carbocycles. The van der Waals surface area contributed by atoms with E-state index in [1.165, 1.54) is 0 Å². The molecule has 1 atom stereocenters. The van der Waals surface area contributed by atoms with E-state index in [-0.39, 0.29) is 11.8 Å². The van der Waals surface area contributed by atoms with Gasteiger partial charge < -0.3 is 15.6 Å². The van der Waals surface area contributed by atoms with Crippen LogP contribution in [0.25, 0.3) is 0 Å². The molecule has 0 aliphatic carbocycles. The summed E-state index contributed by atoms with van der Waals surface area (Å²) in [7, 11) is 0. The van der Waals surface area contributed by atoms with Gasteiger partial charge in [0.15, 0.2) is 0 Å². The Morgan fingerprint density at radius 2 is 1.82 bits per heavy atom. The van der Waals surface area contributed by atoms with E-state index in [4.69, 9.17) is 10.5 Å². The van der Waals surface area contributed by atoms with Crippen molar-refractivity contribution in [2.24, 2.45) is 11.7 Å². The summed E-state index contributed by atoms with van der Waals surface area (Å²) < 4.78 is 6.87. The van der Waals surface area contributed by atoms with Gasteiger partial charge >= 0.3 is 0 Å². The highest BCUT2D eigenvalue weighted by Gasteiger charge is 2.26. The van der Waals surface area contributed by atoms with E-state index >= 15 is 0 Å². The van der Waals surface area contributed by atoms with Crippen molar-refractivity contribution < 1.29 is 9.84 Å². The van der Waals surface area contributed by atoms with Gasteiger partial charge in [-0.1, -0.05) is 15.9 Å². The first-order valence-electron chi connectivity index (χ1n) is 5.61. The Morgan fingerprint density at radius 3 is 2.47 bits per heavy atom. The van der Waals surface area contributed by atoms with Gasteiger partial charge in [-0.3, -0.25) is 0 Å². The Labute approximate surface area is 118 Å². The molecule has 5 heteroatoms. The number of halogens is 2. The quantitative estimate of drug-likeness (QED) is 0.846. The van der Waals surface area contributed by atoms with Crippen LogP contribution in [0.4, 0.5) is 0 Å². The zero-order chi connectivity index (χ0) is 12.4. The van der Waals surface area contributed by atoms with Crippen molar-refractivity contribution in [1.82, 2.24) is 0 Å². The Balaban J connectivity index is 2.29. The number of hydrogen-bond acceptors (Lipinski definition) is 3. The maximum absolute atomic E-state index is 10.1. The smallest absolute Gasteiger partial charge is 0.135 e. The van der Waals surface area contributed by atoms with Crippen LogP contribution >= 0.6 is 31.9 Å². The Morgan fingerprint density at radius 1 is 1.24 bits per heavy atom. The van der Waals surface area contributed by atoms with E-state index < -0.39 is 0 Å². The van der Waals surface area contributed by atoms with Crippen LogP contribution in [0.15, 0.2) is 21.1 Å². The average molecular weight is 365 g/mol. The Bertz CT molecular complexity index is 406. The number of rotatable bonds is 2. The van der Waals surface area contributed by atoms with Crippen LogP contribution in [-0.2, 0) is 4.74 Å². The number of benzene rings is 1. The summed E-state index contributed by atoms with van der Waals surface area (Å²) in [4.78, 5) is 0. The summed E-state index contributed by atoms with van der Waals surface area (Å²) in [5, 5.41) is 10.1. The Kier molecular flexibility index (Phi) is 4.47. The lowest BCUT2D eigenvalue weighted by Crippen LogP contribution is -2.27. The minimum Gasteiger partial charge on any atom is -0.506 e. The largest absolute Gasteiger partial charge is 0.506 e. The second-order valence-electron chi connectivity index (χ2n) is 4.27. The monoisotopic (exact) mass is 363 g/mol. The summed E-state index contributed by atoms with van der Waals surface area (Å²) in [6.07, 6.45) is 1.89. The van der Waals surface area contributed by atoms with Gasteiger partial charge in [-0.05, 0) is 46.8 Å². The molecular weight excluding hydrogens is 350 g/mol. The first-order valence-corrected chi connectivity index (χ1v) is 7.20. The molecule has 1 saturated heterocycles. The first-order chi connectivity index (χ1) is 8.11. The first kappa shape index (κ1) is 13.3. The SMILES string of the molecule is N[C@H](c1c(Br)ccc(Br)c1O)C1CCOCC1. The van der Waals surface area contributed by atoms with Crippen LogP contribution in [0, 0.1) is 5.92 Å². The summed E-state index contributed by atoms with van der Waals surface area (Å²) in [5.74, 6) is 0.596. The molecule has 2 rings (SSSR count). The van der Waals surface area contributed by atoms with E-state index in [0.29, 0.717) is 10.4 Å². The van der Waals surface area contributed by atoms with Gasteiger partial charge in [0.1, 0.15) is 5.75 Å². The van der Waals surface area contributed by atoms with Gasteiger partial charge in [0.05, 0.1) is 4.47 Å². The zero-order valence-electron chi connectivity index (χ0n) is 9.33. The molecule has 1 fully saturated rings. The summed E-state index contributed by atoms with van der Waals surface area (Å²) in [6, 6.07) is 3.54. The lowest BCUT2D eigenvalue weighted by Gasteiger charge is -2.29. The summed E-state index contributed by atoms with van der Waals surface area (Å²) in [5.41, 5.74) is 7.06. The molecular formula is C12H15Br2NO2. The number of nitrogens with two attached hydrogens (primary N) is 1. The third-order valence-electron chi connectivity index (χ3n) is 3.22. The predicted molar refractivity (Wildman–Crippen MR) is 74.0 cm³/mol. The molecule has 0 spiro atoms. The molecule has 3 nitrogen and oxygen atoms in total. The van der Waals surface area contributed by atoms with Crippen LogP contribution < -0.4 is 5.73 Å². The lowest BCUT2D eigenvalue weighted by molar-refractivity contribution is 0.0580. The van der Waals surface area contributed by atoms with Gasteiger partial charge in [0, 0.05) is 29.3 Å². The zero-order valence-corrected chi connectivity index (χ0v) is 12.5. The van der Waals surface area contributed by atoms with E-state index in [2.05, 4.69) is 31.9 Å². The Hall–Kier alpha value is -0.100. The van der Waals surface area contributed by atoms with Crippen molar-refractivity contribution in [2.75, 3.05) is 13.2 Å². The molecule has 1 aliphatic rings. The van der Waals surface area contributed by atoms with E-state index in [9.17, 15) is 5.11 Å². The van der Waals surface area contributed by atoms with Gasteiger partial charge in [-0.2, -0.15) is 0 Å². The van der Waals surface area contributed by atoms with Crippen molar-refractivity contribution in [3.63, 3.8) is 0 Å². The van der Waals surface area contributed by atoms with Gasteiger partial charge in [0.25, 0.3) is 0 Å². The van der Waals surface area contributed by atoms with Crippen molar-refractivity contribution in [2.45, 2.75) is 18.9 Å². The number of phenols is 1. The second kappa shape index (κ2) is 5.69. The molecule has 0 saturated carbocycles. The maximum atomic E-state index is 10.1. The topological polar surface area (TPSA) is 55.5 Å². The highest BCUT2D eigenvalue weighted by Crippen LogP contribution is 2.40. The average Bonchev–Trinajstić information content (AvgIpc) is 2.35. The normalized spacial score (nSPS) is 19.2. The van der Waals surface area contributed by atoms with Crippen LogP contribution in [0.5, 0.6) is 5.75 Å². The highest BCUT2D eigenvalue weighted by atomic mass is 79.9. The molecule has 1 aromatic rings. The second-order valence-corrected chi connectivity index (χ2v) is 5.98. The van der Waals surface area contributed by atoms with E-state index in [0.717, 1.165) is 36.1 Å². The highest BCUT2D eigenvalue weighted by molar-refractivity contribution is 9.11. The molecule has 17 heavy (non-hydrogen) atoms. The van der Waals surface area contributed by atoms with Crippen LogP contribution in [0.2, 0.25) is 0 Å². The summed E-state index contributed by atoms with van der Waals surface area (Å²) >= 11 is 6.78. The van der Waals surface area contributed by atoms with Crippen molar-refractivity contribution in [3.8, 4) is 5.75 Å². The van der Waals surface area contributed by atoms with Crippen LogP contribution in [0.3, 0.4) is 0 Å². The van der Waals surface area contributed by atoms with Gasteiger partial charge in [0.2, 0.25) is 0 Å². The predicted octanol–water partition coefficient (Wildman–Crippen LogP) is 3.34. The molecule has 0 bridgehead atoms. The number of hydrogen-bond donors (Lipinski definition) is 2. The van der Waals surface area contributed by atoms with Gasteiger partial charge in [-0.25, -0.2) is 0 Å². The third-order valence-corrected chi connectivity index (χ3v) is 4.55. The van der Waals surface area contributed by atoms with E-state index in [1.54, 1.807) is 6.07 Å². The fourth-order valence-electron chi connectivity index (χ4n) is 2.18. The fraction of sp³-hybridized carbons (Fsp3) is 0.500. The van der Waals surface area contributed by atoms with Gasteiger partial charge in [-0.15, -0.1) is 0 Å². The fourth-order valence-corrected chi connectivity index (χ4v) is 3.11. The third kappa shape index (κ3) is 2.84. The van der Waals surface area contributed by atoms with Crippen molar-refractivity contribution in [3.05, 3.63) is 26.6 Å². The number of aromatic hydroxyl groups is 1. The van der Waals surface area contributed by atoms with Crippen LogP contribution in [-0.4, -0.2) is 18.3 Å². The molecule has 0 radical (unpaired) electrons. The number of ether oxygens (including phenoxy) is 1. The minimum absolute atomic E-state index is 0.161. The lowest BCUT2D eigenvalue weighted by atomic mass is 9.87. The van der Waals surface area contributed by atoms with Crippen molar-refractivity contribution >= 4 is 31.9 Å². The van der Waals surface area contributed by atoms with Crippen molar-refractivity contribution in [1.29, 1.82) is 0 Å². The molecule has 1 aliphatic heterocycles. The van der Waals surface area contributed by atoms with E-state index in [1.807, 2.05) is 6.07 Å². The number of phenolic OH excluding ortho intramolecular Hbond substituents is 1. The molecule has 0 aromatic heterocycles. The molecule has 94 valence electrons. The molecule has 1 heterocycles. The molecule has 3 N–H and O–H groups in total. The summed E-state index contributed by atoms with van der Waals surface area (Å²) in [6.45, 7) is 1.51.